The minimum Gasteiger partial charge on any atom is -0.469 e. The maximum Gasteiger partial charge on any atom is 0.310 e. The maximum absolute atomic E-state index is 12.3. The second-order valence-corrected chi connectivity index (χ2v) is 5.21. The highest BCUT2D eigenvalue weighted by Gasteiger charge is 2.32. The number of rotatable bonds is 2. The number of likely N-dealkylation sites (tertiary alicyclic amines) is 1. The molecule has 1 saturated heterocycles. The summed E-state index contributed by atoms with van der Waals surface area (Å²) in [7, 11) is 1.37. The Kier molecular flexibility index (Phi) is 4.10. The smallest absolute Gasteiger partial charge is 0.310 e. The molecule has 1 unspecified atom stereocenters. The fourth-order valence-electron chi connectivity index (χ4n) is 2.35. The van der Waals surface area contributed by atoms with Crippen LogP contribution in [0.25, 0.3) is 0 Å². The lowest BCUT2D eigenvalue weighted by atomic mass is 10.1. The molecule has 1 aliphatic rings. The van der Waals surface area contributed by atoms with Crippen molar-refractivity contribution in [3.8, 4) is 0 Å². The van der Waals surface area contributed by atoms with Crippen LogP contribution >= 0.6 is 11.6 Å². The van der Waals surface area contributed by atoms with Crippen LogP contribution in [-0.4, -0.2) is 37.0 Å². The van der Waals surface area contributed by atoms with Crippen molar-refractivity contribution >= 4 is 23.5 Å². The molecule has 0 aliphatic carbocycles. The number of carbonyl (C=O) groups is 2. The van der Waals surface area contributed by atoms with Crippen molar-refractivity contribution in [2.75, 3.05) is 20.2 Å². The van der Waals surface area contributed by atoms with Gasteiger partial charge in [-0.15, -0.1) is 0 Å². The molecule has 0 aromatic heterocycles. The molecular formula is C14H16ClNO3. The van der Waals surface area contributed by atoms with Gasteiger partial charge in [-0.05, 0) is 37.1 Å². The minimum atomic E-state index is -0.252. The van der Waals surface area contributed by atoms with Gasteiger partial charge in [0, 0.05) is 23.7 Å². The number of carbonyl (C=O) groups excluding carboxylic acids is 2. The van der Waals surface area contributed by atoms with E-state index in [0.717, 1.165) is 5.56 Å². The first-order valence-corrected chi connectivity index (χ1v) is 6.53. The molecule has 1 atom stereocenters. The van der Waals surface area contributed by atoms with Crippen LogP contribution in [0.5, 0.6) is 0 Å². The number of hydrogen-bond acceptors (Lipinski definition) is 3. The lowest BCUT2D eigenvalue weighted by Gasteiger charge is -2.16. The van der Waals surface area contributed by atoms with Gasteiger partial charge < -0.3 is 9.64 Å². The Morgan fingerprint density at radius 3 is 2.74 bits per heavy atom. The lowest BCUT2D eigenvalue weighted by molar-refractivity contribution is -0.144. The van der Waals surface area contributed by atoms with Gasteiger partial charge in [0.2, 0.25) is 0 Å². The predicted molar refractivity (Wildman–Crippen MR) is 72.2 cm³/mol. The van der Waals surface area contributed by atoms with Crippen molar-refractivity contribution in [1.82, 2.24) is 4.90 Å². The Labute approximate surface area is 117 Å². The third kappa shape index (κ3) is 3.07. The fraction of sp³-hybridized carbons (Fsp3) is 0.429. The van der Waals surface area contributed by atoms with Crippen LogP contribution in [-0.2, 0) is 9.53 Å². The summed E-state index contributed by atoms with van der Waals surface area (Å²) >= 11 is 5.96. The largest absolute Gasteiger partial charge is 0.469 e. The van der Waals surface area contributed by atoms with Gasteiger partial charge in [0.15, 0.2) is 0 Å². The van der Waals surface area contributed by atoms with E-state index in [4.69, 9.17) is 16.3 Å². The van der Waals surface area contributed by atoms with Crippen LogP contribution in [0.4, 0.5) is 0 Å². The Morgan fingerprint density at radius 2 is 2.11 bits per heavy atom. The molecule has 1 fully saturated rings. The van der Waals surface area contributed by atoms with Gasteiger partial charge in [0.1, 0.15) is 0 Å². The van der Waals surface area contributed by atoms with E-state index in [1.165, 1.54) is 7.11 Å². The molecule has 1 aromatic carbocycles. The van der Waals surface area contributed by atoms with Gasteiger partial charge in [-0.3, -0.25) is 9.59 Å². The van der Waals surface area contributed by atoms with E-state index in [2.05, 4.69) is 0 Å². The monoisotopic (exact) mass is 281 g/mol. The first-order valence-electron chi connectivity index (χ1n) is 6.15. The summed E-state index contributed by atoms with van der Waals surface area (Å²) in [4.78, 5) is 25.4. The quantitative estimate of drug-likeness (QED) is 0.782. The number of benzene rings is 1. The zero-order valence-electron chi connectivity index (χ0n) is 11.0. The summed E-state index contributed by atoms with van der Waals surface area (Å²) in [5.74, 6) is -0.552. The standard InChI is InChI=1S/C14H16ClNO3/c1-9-5-11(7-12(15)6-9)13(17)16-4-3-10(8-16)14(18)19-2/h5-7,10H,3-4,8H2,1-2H3. The molecule has 5 heteroatoms. The van der Waals surface area contributed by atoms with Gasteiger partial charge in [-0.25, -0.2) is 0 Å². The summed E-state index contributed by atoms with van der Waals surface area (Å²) in [5, 5.41) is 0.548. The third-order valence-corrected chi connectivity index (χ3v) is 3.52. The van der Waals surface area contributed by atoms with Gasteiger partial charge in [-0.2, -0.15) is 0 Å². The SMILES string of the molecule is COC(=O)C1CCN(C(=O)c2cc(C)cc(Cl)c2)C1. The third-order valence-electron chi connectivity index (χ3n) is 3.30. The van der Waals surface area contributed by atoms with Crippen molar-refractivity contribution in [3.63, 3.8) is 0 Å². The summed E-state index contributed by atoms with van der Waals surface area (Å²) < 4.78 is 4.71. The van der Waals surface area contributed by atoms with E-state index in [1.54, 1.807) is 23.1 Å². The zero-order valence-corrected chi connectivity index (χ0v) is 11.7. The van der Waals surface area contributed by atoms with Gasteiger partial charge in [-0.1, -0.05) is 11.6 Å². The molecule has 1 heterocycles. The highest BCUT2D eigenvalue weighted by molar-refractivity contribution is 6.31. The minimum absolute atomic E-state index is 0.0861. The Balaban J connectivity index is 2.11. The van der Waals surface area contributed by atoms with Crippen LogP contribution < -0.4 is 0 Å². The molecule has 0 bridgehead atoms. The van der Waals surface area contributed by atoms with Gasteiger partial charge in [0.05, 0.1) is 13.0 Å². The van der Waals surface area contributed by atoms with Crippen molar-refractivity contribution in [3.05, 3.63) is 34.3 Å². The topological polar surface area (TPSA) is 46.6 Å². The lowest BCUT2D eigenvalue weighted by Crippen LogP contribution is -2.30. The molecule has 102 valence electrons. The van der Waals surface area contributed by atoms with Crippen molar-refractivity contribution in [2.45, 2.75) is 13.3 Å². The molecule has 1 aliphatic heterocycles. The van der Waals surface area contributed by atoms with Crippen molar-refractivity contribution < 1.29 is 14.3 Å². The second-order valence-electron chi connectivity index (χ2n) is 4.78. The second kappa shape index (κ2) is 5.61. The summed E-state index contributed by atoms with van der Waals surface area (Å²) in [6, 6.07) is 5.27. The molecule has 1 amide bonds. The Bertz CT molecular complexity index is 495. The highest BCUT2D eigenvalue weighted by atomic mass is 35.5. The van der Waals surface area contributed by atoms with Crippen molar-refractivity contribution in [2.24, 2.45) is 5.92 Å². The average Bonchev–Trinajstić information content (AvgIpc) is 2.85. The van der Waals surface area contributed by atoms with E-state index >= 15 is 0 Å². The summed E-state index contributed by atoms with van der Waals surface area (Å²) in [6.45, 7) is 2.88. The normalized spacial score (nSPS) is 18.5. The van der Waals surface area contributed by atoms with E-state index in [9.17, 15) is 9.59 Å². The maximum atomic E-state index is 12.3. The highest BCUT2D eigenvalue weighted by Crippen LogP contribution is 2.22. The summed E-state index contributed by atoms with van der Waals surface area (Å²) in [5.41, 5.74) is 1.51. The molecule has 0 N–H and O–H groups in total. The van der Waals surface area contributed by atoms with E-state index in [-0.39, 0.29) is 17.8 Å². The number of amides is 1. The van der Waals surface area contributed by atoms with Crippen LogP contribution in [0.3, 0.4) is 0 Å². The fourth-order valence-corrected chi connectivity index (χ4v) is 2.64. The van der Waals surface area contributed by atoms with Gasteiger partial charge in [0.25, 0.3) is 5.91 Å². The number of hydrogen-bond donors (Lipinski definition) is 0. The van der Waals surface area contributed by atoms with E-state index in [0.29, 0.717) is 30.1 Å². The Hall–Kier alpha value is -1.55. The van der Waals surface area contributed by atoms with E-state index < -0.39 is 0 Å². The molecule has 0 saturated carbocycles. The first-order chi connectivity index (χ1) is 9.01. The predicted octanol–water partition coefficient (Wildman–Crippen LogP) is 2.28. The number of esters is 1. The molecule has 1 aromatic rings. The average molecular weight is 282 g/mol. The summed E-state index contributed by atoms with van der Waals surface area (Å²) in [6.07, 6.45) is 0.651. The zero-order chi connectivity index (χ0) is 14.0. The number of ether oxygens (including phenoxy) is 1. The molecule has 0 spiro atoms. The van der Waals surface area contributed by atoms with E-state index in [1.807, 2.05) is 6.92 Å². The number of nitrogens with zero attached hydrogens (tertiary/aromatic N) is 1. The van der Waals surface area contributed by atoms with Crippen LogP contribution in [0.2, 0.25) is 5.02 Å². The molecular weight excluding hydrogens is 266 g/mol. The Morgan fingerprint density at radius 1 is 1.37 bits per heavy atom. The molecule has 4 nitrogen and oxygen atoms in total. The number of aryl methyl sites for hydroxylation is 1. The molecule has 2 rings (SSSR count). The van der Waals surface area contributed by atoms with Gasteiger partial charge >= 0.3 is 5.97 Å². The molecule has 0 radical (unpaired) electrons. The first kappa shape index (κ1) is 13.9. The number of halogens is 1. The van der Waals surface area contributed by atoms with Crippen LogP contribution in [0.15, 0.2) is 18.2 Å². The molecule has 19 heavy (non-hydrogen) atoms. The number of methoxy groups -OCH3 is 1. The van der Waals surface area contributed by atoms with Crippen LogP contribution in [0.1, 0.15) is 22.3 Å². The van der Waals surface area contributed by atoms with Crippen LogP contribution in [0, 0.1) is 12.8 Å². The van der Waals surface area contributed by atoms with Crippen molar-refractivity contribution in [1.29, 1.82) is 0 Å².